The van der Waals surface area contributed by atoms with Crippen molar-refractivity contribution in [2.24, 2.45) is 4.99 Å². The molecule has 3 aromatic rings. The number of rotatable bonds is 4. The molecule has 1 aliphatic rings. The first kappa shape index (κ1) is 20.5. The summed E-state index contributed by atoms with van der Waals surface area (Å²) >= 11 is 7.53. The molecule has 0 saturated heterocycles. The minimum Gasteiger partial charge on any atom is -0.266 e. The zero-order chi connectivity index (χ0) is 21.1. The monoisotopic (exact) mass is 432 g/mol. The van der Waals surface area contributed by atoms with Crippen LogP contribution in [-0.4, -0.2) is 11.1 Å². The predicted molar refractivity (Wildman–Crippen MR) is 128 cm³/mol. The van der Waals surface area contributed by atoms with E-state index in [1.54, 1.807) is 16.7 Å². The number of benzene rings is 3. The SMILES string of the molecule is Cc1ccc(/C=C2/N=C(SCc3ccc(Cl)cc3)N(c3cccc(C)c3)C2=O)cc1. The first-order valence-electron chi connectivity index (χ1n) is 9.65. The maximum absolute atomic E-state index is 13.3. The Labute approximate surface area is 186 Å². The zero-order valence-electron chi connectivity index (χ0n) is 16.8. The Morgan fingerprint density at radius 2 is 1.70 bits per heavy atom. The maximum Gasteiger partial charge on any atom is 0.283 e. The average molecular weight is 433 g/mol. The normalized spacial score (nSPS) is 15.0. The molecular weight excluding hydrogens is 412 g/mol. The highest BCUT2D eigenvalue weighted by atomic mass is 35.5. The van der Waals surface area contributed by atoms with Crippen LogP contribution < -0.4 is 4.90 Å². The third kappa shape index (κ3) is 4.66. The Hall–Kier alpha value is -2.82. The number of carbonyl (C=O) groups is 1. The van der Waals surface area contributed by atoms with Gasteiger partial charge in [0.1, 0.15) is 5.70 Å². The number of halogens is 1. The molecule has 3 nitrogen and oxygen atoms in total. The molecule has 1 heterocycles. The summed E-state index contributed by atoms with van der Waals surface area (Å²) in [5.41, 5.74) is 5.63. The molecule has 0 fully saturated rings. The van der Waals surface area contributed by atoms with Crippen molar-refractivity contribution >= 4 is 46.2 Å². The van der Waals surface area contributed by atoms with Crippen molar-refractivity contribution in [2.45, 2.75) is 19.6 Å². The predicted octanol–water partition coefficient (Wildman–Crippen LogP) is 6.63. The molecule has 30 heavy (non-hydrogen) atoms. The van der Waals surface area contributed by atoms with Gasteiger partial charge in [-0.05, 0) is 60.9 Å². The Bertz CT molecular complexity index is 1130. The Morgan fingerprint density at radius 3 is 2.40 bits per heavy atom. The van der Waals surface area contributed by atoms with Gasteiger partial charge in [-0.25, -0.2) is 4.99 Å². The molecule has 0 aromatic heterocycles. The van der Waals surface area contributed by atoms with Crippen molar-refractivity contribution in [3.8, 4) is 0 Å². The quantitative estimate of drug-likeness (QED) is 0.433. The lowest BCUT2D eigenvalue weighted by Gasteiger charge is -2.18. The Kier molecular flexibility index (Phi) is 6.07. The van der Waals surface area contributed by atoms with Crippen molar-refractivity contribution in [3.05, 3.63) is 106 Å². The number of carbonyl (C=O) groups excluding carboxylic acids is 1. The lowest BCUT2D eigenvalue weighted by Crippen LogP contribution is -2.30. The summed E-state index contributed by atoms with van der Waals surface area (Å²) in [5.74, 6) is 0.587. The average Bonchev–Trinajstić information content (AvgIpc) is 3.04. The van der Waals surface area contributed by atoms with E-state index in [9.17, 15) is 4.79 Å². The maximum atomic E-state index is 13.3. The summed E-state index contributed by atoms with van der Waals surface area (Å²) in [4.78, 5) is 19.7. The van der Waals surface area contributed by atoms with E-state index in [-0.39, 0.29) is 5.91 Å². The van der Waals surface area contributed by atoms with Gasteiger partial charge >= 0.3 is 0 Å². The van der Waals surface area contributed by atoms with Crippen LogP contribution in [-0.2, 0) is 10.5 Å². The molecule has 5 heteroatoms. The number of aliphatic imine (C=N–C) groups is 1. The number of aryl methyl sites for hydroxylation is 2. The lowest BCUT2D eigenvalue weighted by atomic mass is 10.1. The Balaban J connectivity index is 1.66. The van der Waals surface area contributed by atoms with E-state index in [2.05, 4.69) is 0 Å². The van der Waals surface area contributed by atoms with E-state index in [0.717, 1.165) is 22.4 Å². The topological polar surface area (TPSA) is 32.7 Å². The number of hydrogen-bond acceptors (Lipinski definition) is 3. The summed E-state index contributed by atoms with van der Waals surface area (Å²) in [5, 5.41) is 1.39. The number of anilines is 1. The highest BCUT2D eigenvalue weighted by Crippen LogP contribution is 2.31. The van der Waals surface area contributed by atoms with Crippen molar-refractivity contribution in [2.75, 3.05) is 4.90 Å². The third-order valence-electron chi connectivity index (χ3n) is 4.75. The second-order valence-electron chi connectivity index (χ2n) is 7.23. The van der Waals surface area contributed by atoms with Crippen molar-refractivity contribution in [1.82, 2.24) is 0 Å². The minimum atomic E-state index is -0.111. The van der Waals surface area contributed by atoms with Gasteiger partial charge in [0, 0.05) is 10.8 Å². The van der Waals surface area contributed by atoms with Crippen LogP contribution in [0.25, 0.3) is 6.08 Å². The van der Waals surface area contributed by atoms with E-state index < -0.39 is 0 Å². The molecule has 1 aliphatic heterocycles. The minimum absolute atomic E-state index is 0.111. The molecule has 0 unspecified atom stereocenters. The summed E-state index contributed by atoms with van der Waals surface area (Å²) in [7, 11) is 0. The number of amidine groups is 1. The van der Waals surface area contributed by atoms with Crippen LogP contribution in [0.4, 0.5) is 5.69 Å². The molecular formula is C25H21ClN2OS. The molecule has 3 aromatic carbocycles. The van der Waals surface area contributed by atoms with E-state index >= 15 is 0 Å². The van der Waals surface area contributed by atoms with Crippen molar-refractivity contribution in [3.63, 3.8) is 0 Å². The van der Waals surface area contributed by atoms with Crippen LogP contribution in [0.2, 0.25) is 5.02 Å². The van der Waals surface area contributed by atoms with Gasteiger partial charge in [0.05, 0.1) is 5.69 Å². The van der Waals surface area contributed by atoms with Gasteiger partial charge in [-0.1, -0.05) is 77.5 Å². The van der Waals surface area contributed by atoms with Crippen LogP contribution in [0, 0.1) is 13.8 Å². The fraction of sp³-hybridized carbons (Fsp3) is 0.120. The number of thioether (sulfide) groups is 1. The molecule has 1 amide bonds. The molecule has 0 atom stereocenters. The van der Waals surface area contributed by atoms with Crippen LogP contribution >= 0.6 is 23.4 Å². The van der Waals surface area contributed by atoms with Gasteiger partial charge in [-0.2, -0.15) is 0 Å². The number of hydrogen-bond donors (Lipinski definition) is 0. The second kappa shape index (κ2) is 8.90. The summed E-state index contributed by atoms with van der Waals surface area (Å²) < 4.78 is 0. The summed E-state index contributed by atoms with van der Waals surface area (Å²) in [6.45, 7) is 4.06. The second-order valence-corrected chi connectivity index (χ2v) is 8.61. The highest BCUT2D eigenvalue weighted by molar-refractivity contribution is 8.13. The molecule has 0 aliphatic carbocycles. The molecule has 0 saturated carbocycles. The first-order valence-corrected chi connectivity index (χ1v) is 11.0. The smallest absolute Gasteiger partial charge is 0.266 e. The molecule has 150 valence electrons. The van der Waals surface area contributed by atoms with Gasteiger partial charge in [0.25, 0.3) is 5.91 Å². The van der Waals surface area contributed by atoms with E-state index in [1.807, 2.05) is 92.7 Å². The molecule has 0 spiro atoms. The van der Waals surface area contributed by atoms with Crippen molar-refractivity contribution < 1.29 is 4.79 Å². The molecule has 0 N–H and O–H groups in total. The lowest BCUT2D eigenvalue weighted by molar-refractivity contribution is -0.113. The van der Waals surface area contributed by atoms with Crippen LogP contribution in [0.1, 0.15) is 22.3 Å². The van der Waals surface area contributed by atoms with Gasteiger partial charge in [0.15, 0.2) is 5.17 Å². The van der Waals surface area contributed by atoms with Crippen LogP contribution in [0.15, 0.2) is 83.5 Å². The number of nitrogens with zero attached hydrogens (tertiary/aromatic N) is 2. The Morgan fingerprint density at radius 1 is 0.967 bits per heavy atom. The van der Waals surface area contributed by atoms with E-state index in [1.165, 1.54) is 5.56 Å². The van der Waals surface area contributed by atoms with Gasteiger partial charge in [-0.3, -0.25) is 9.69 Å². The molecule has 0 radical (unpaired) electrons. The van der Waals surface area contributed by atoms with Gasteiger partial charge in [0.2, 0.25) is 0 Å². The van der Waals surface area contributed by atoms with Crippen molar-refractivity contribution in [1.29, 1.82) is 0 Å². The van der Waals surface area contributed by atoms with Gasteiger partial charge in [-0.15, -0.1) is 0 Å². The molecule has 0 bridgehead atoms. The highest BCUT2D eigenvalue weighted by Gasteiger charge is 2.32. The largest absolute Gasteiger partial charge is 0.283 e. The van der Waals surface area contributed by atoms with Gasteiger partial charge < -0.3 is 0 Å². The van der Waals surface area contributed by atoms with Crippen LogP contribution in [0.5, 0.6) is 0 Å². The molecule has 4 rings (SSSR count). The first-order chi connectivity index (χ1) is 14.5. The van der Waals surface area contributed by atoms with E-state index in [4.69, 9.17) is 16.6 Å². The number of amides is 1. The standard InChI is InChI=1S/C25H21ClN2OS/c1-17-6-8-19(9-7-17)15-23-24(29)28(22-5-3-4-18(2)14-22)25(27-23)30-16-20-10-12-21(26)13-11-20/h3-15H,16H2,1-2H3/b23-15+. The fourth-order valence-electron chi connectivity index (χ4n) is 3.14. The summed E-state index contributed by atoms with van der Waals surface area (Å²) in [6, 6.07) is 23.7. The fourth-order valence-corrected chi connectivity index (χ4v) is 4.23. The third-order valence-corrected chi connectivity index (χ3v) is 6.01. The summed E-state index contributed by atoms with van der Waals surface area (Å²) in [6.07, 6.45) is 1.85. The van der Waals surface area contributed by atoms with Crippen LogP contribution in [0.3, 0.4) is 0 Å². The van der Waals surface area contributed by atoms with E-state index in [0.29, 0.717) is 21.6 Å². The zero-order valence-corrected chi connectivity index (χ0v) is 18.4.